The van der Waals surface area contributed by atoms with Gasteiger partial charge < -0.3 is 10.3 Å². The smallest absolute Gasteiger partial charge is 0.252 e. The van der Waals surface area contributed by atoms with Crippen molar-refractivity contribution in [1.29, 1.82) is 0 Å². The molecule has 2 N–H and O–H groups in total. The molecule has 0 saturated heterocycles. The molecule has 0 aliphatic heterocycles. The van der Waals surface area contributed by atoms with Gasteiger partial charge in [0, 0.05) is 29.7 Å². The van der Waals surface area contributed by atoms with E-state index in [4.69, 9.17) is 0 Å². The van der Waals surface area contributed by atoms with Crippen LogP contribution in [-0.4, -0.2) is 20.7 Å². The fourth-order valence-corrected chi connectivity index (χ4v) is 2.57. The van der Waals surface area contributed by atoms with Crippen molar-refractivity contribution in [3.05, 3.63) is 88.1 Å². The fraction of sp³-hybridized carbons (Fsp3) is 0.167. The number of nitrogens with one attached hydrogen (secondary N) is 2. The maximum absolute atomic E-state index is 12.6. The molecule has 0 aliphatic rings. The van der Waals surface area contributed by atoms with E-state index in [9.17, 15) is 9.59 Å². The second-order valence-corrected chi connectivity index (χ2v) is 5.58. The van der Waals surface area contributed by atoms with Crippen LogP contribution in [0.25, 0.3) is 0 Å². The molecule has 0 saturated carbocycles. The minimum absolute atomic E-state index is 0.252. The molecule has 2 aromatic heterocycles. The standard InChI is InChI=1S/C18H18N4O2/c1-13-10-15(11-17(23)20-13)18(24)21-16(12-22-9-5-8-19-22)14-6-3-2-4-7-14/h2-11,16H,12H2,1H3,(H,20,23)(H,21,24)/t16-/m0/s1. The molecule has 122 valence electrons. The zero-order valence-corrected chi connectivity index (χ0v) is 13.3. The van der Waals surface area contributed by atoms with E-state index in [1.54, 1.807) is 23.9 Å². The number of hydrogen-bond acceptors (Lipinski definition) is 3. The van der Waals surface area contributed by atoms with Crippen molar-refractivity contribution >= 4 is 5.91 Å². The van der Waals surface area contributed by atoms with E-state index in [1.165, 1.54) is 6.07 Å². The highest BCUT2D eigenvalue weighted by atomic mass is 16.2. The Morgan fingerprint density at radius 1 is 1.25 bits per heavy atom. The molecule has 1 atom stereocenters. The molecule has 24 heavy (non-hydrogen) atoms. The molecular formula is C18H18N4O2. The summed E-state index contributed by atoms with van der Waals surface area (Å²) in [4.78, 5) is 26.8. The summed E-state index contributed by atoms with van der Waals surface area (Å²) in [5.74, 6) is -0.287. The number of pyridine rings is 1. The highest BCUT2D eigenvalue weighted by Gasteiger charge is 2.17. The Hall–Kier alpha value is -3.15. The van der Waals surface area contributed by atoms with Gasteiger partial charge in [-0.25, -0.2) is 0 Å². The molecule has 0 unspecified atom stereocenters. The number of rotatable bonds is 5. The molecule has 0 radical (unpaired) electrons. The number of benzene rings is 1. The van der Waals surface area contributed by atoms with Gasteiger partial charge in [0.15, 0.2) is 0 Å². The van der Waals surface area contributed by atoms with E-state index in [0.29, 0.717) is 17.8 Å². The SMILES string of the molecule is Cc1cc(C(=O)N[C@@H](Cn2cccn2)c2ccccc2)cc(=O)[nH]1. The molecule has 1 aromatic carbocycles. The molecule has 2 heterocycles. The first kappa shape index (κ1) is 15.7. The van der Waals surface area contributed by atoms with Crippen LogP contribution >= 0.6 is 0 Å². The lowest BCUT2D eigenvalue weighted by Crippen LogP contribution is -2.32. The zero-order chi connectivity index (χ0) is 16.9. The van der Waals surface area contributed by atoms with E-state index < -0.39 is 0 Å². The molecule has 3 aromatic rings. The van der Waals surface area contributed by atoms with Crippen molar-refractivity contribution in [2.45, 2.75) is 19.5 Å². The van der Waals surface area contributed by atoms with Gasteiger partial charge >= 0.3 is 0 Å². The van der Waals surface area contributed by atoms with Crippen molar-refractivity contribution in [2.24, 2.45) is 0 Å². The number of nitrogens with zero attached hydrogens (tertiary/aromatic N) is 2. The third-order valence-corrected chi connectivity index (χ3v) is 3.68. The first-order valence-corrected chi connectivity index (χ1v) is 7.66. The Kier molecular flexibility index (Phi) is 4.56. The van der Waals surface area contributed by atoms with E-state index in [1.807, 2.05) is 42.6 Å². The molecule has 6 nitrogen and oxygen atoms in total. The van der Waals surface area contributed by atoms with Crippen LogP contribution < -0.4 is 10.9 Å². The summed E-state index contributed by atoms with van der Waals surface area (Å²) in [5.41, 5.74) is 1.68. The van der Waals surface area contributed by atoms with Crippen LogP contribution in [-0.2, 0) is 6.54 Å². The lowest BCUT2D eigenvalue weighted by Gasteiger charge is -2.19. The van der Waals surface area contributed by atoms with Crippen LogP contribution in [0.4, 0.5) is 0 Å². The molecule has 0 fully saturated rings. The Bertz CT molecular complexity index is 870. The van der Waals surface area contributed by atoms with Gasteiger partial charge in [-0.05, 0) is 24.6 Å². The van der Waals surface area contributed by atoms with Crippen molar-refractivity contribution in [3.63, 3.8) is 0 Å². The Balaban J connectivity index is 1.85. The average Bonchev–Trinajstić information content (AvgIpc) is 3.07. The number of amides is 1. The highest BCUT2D eigenvalue weighted by Crippen LogP contribution is 2.15. The number of aromatic amines is 1. The van der Waals surface area contributed by atoms with Gasteiger partial charge in [-0.3, -0.25) is 14.3 Å². The van der Waals surface area contributed by atoms with Gasteiger partial charge in [-0.1, -0.05) is 30.3 Å². The fourth-order valence-electron chi connectivity index (χ4n) is 2.57. The van der Waals surface area contributed by atoms with E-state index in [2.05, 4.69) is 15.4 Å². The number of carbonyl (C=O) groups is 1. The van der Waals surface area contributed by atoms with Gasteiger partial charge in [0.1, 0.15) is 0 Å². The van der Waals surface area contributed by atoms with E-state index in [0.717, 1.165) is 5.56 Å². The normalized spacial score (nSPS) is 11.9. The maximum atomic E-state index is 12.6. The molecule has 0 bridgehead atoms. The lowest BCUT2D eigenvalue weighted by molar-refractivity contribution is 0.0931. The van der Waals surface area contributed by atoms with Crippen molar-refractivity contribution in [1.82, 2.24) is 20.1 Å². The second kappa shape index (κ2) is 6.95. The molecule has 3 rings (SSSR count). The predicted octanol–water partition coefficient (Wildman–Crippen LogP) is 2.05. The maximum Gasteiger partial charge on any atom is 0.252 e. The van der Waals surface area contributed by atoms with Crippen LogP contribution in [0.15, 0.2) is 65.7 Å². The zero-order valence-electron chi connectivity index (χ0n) is 13.3. The van der Waals surface area contributed by atoms with Crippen LogP contribution in [0.5, 0.6) is 0 Å². The molecule has 1 amide bonds. The summed E-state index contributed by atoms with van der Waals surface area (Å²) in [6, 6.07) is 14.2. The summed E-state index contributed by atoms with van der Waals surface area (Å²) >= 11 is 0. The Morgan fingerprint density at radius 3 is 2.71 bits per heavy atom. The third kappa shape index (κ3) is 3.78. The molecule has 6 heteroatoms. The van der Waals surface area contributed by atoms with Crippen molar-refractivity contribution in [3.8, 4) is 0 Å². The first-order valence-electron chi connectivity index (χ1n) is 7.66. The molecule has 0 aliphatic carbocycles. The largest absolute Gasteiger partial charge is 0.343 e. The number of H-pyrrole nitrogens is 1. The lowest BCUT2D eigenvalue weighted by atomic mass is 10.1. The number of carbonyl (C=O) groups excluding carboxylic acids is 1. The van der Waals surface area contributed by atoms with Crippen LogP contribution in [0, 0.1) is 6.92 Å². The second-order valence-electron chi connectivity index (χ2n) is 5.58. The first-order chi connectivity index (χ1) is 11.6. The number of hydrogen-bond donors (Lipinski definition) is 2. The Morgan fingerprint density at radius 2 is 2.04 bits per heavy atom. The van der Waals surface area contributed by atoms with Gasteiger partial charge in [0.05, 0.1) is 12.6 Å². The predicted molar refractivity (Wildman–Crippen MR) is 90.7 cm³/mol. The van der Waals surface area contributed by atoms with E-state index >= 15 is 0 Å². The summed E-state index contributed by atoms with van der Waals surface area (Å²) in [5, 5.41) is 7.19. The monoisotopic (exact) mass is 322 g/mol. The summed E-state index contributed by atoms with van der Waals surface area (Å²) < 4.78 is 1.76. The van der Waals surface area contributed by atoms with Crippen LogP contribution in [0.1, 0.15) is 27.7 Å². The van der Waals surface area contributed by atoms with Gasteiger partial charge in [-0.2, -0.15) is 5.10 Å². The topological polar surface area (TPSA) is 79.8 Å². The van der Waals surface area contributed by atoms with Gasteiger partial charge in [0.2, 0.25) is 5.56 Å². The van der Waals surface area contributed by atoms with Crippen molar-refractivity contribution < 1.29 is 4.79 Å². The van der Waals surface area contributed by atoms with Crippen LogP contribution in [0.3, 0.4) is 0 Å². The number of aryl methyl sites for hydroxylation is 1. The summed E-state index contributed by atoms with van der Waals surface area (Å²) in [6.45, 7) is 2.25. The highest BCUT2D eigenvalue weighted by molar-refractivity contribution is 5.94. The van der Waals surface area contributed by atoms with Gasteiger partial charge in [0.25, 0.3) is 5.91 Å². The third-order valence-electron chi connectivity index (χ3n) is 3.68. The van der Waals surface area contributed by atoms with Crippen LogP contribution in [0.2, 0.25) is 0 Å². The van der Waals surface area contributed by atoms with Crippen molar-refractivity contribution in [2.75, 3.05) is 0 Å². The number of aromatic nitrogens is 3. The molecular weight excluding hydrogens is 304 g/mol. The van der Waals surface area contributed by atoms with Gasteiger partial charge in [-0.15, -0.1) is 0 Å². The molecule has 0 spiro atoms. The summed E-state index contributed by atoms with van der Waals surface area (Å²) in [6.07, 6.45) is 3.55. The summed E-state index contributed by atoms with van der Waals surface area (Å²) in [7, 11) is 0. The minimum atomic E-state index is -0.288. The van der Waals surface area contributed by atoms with E-state index in [-0.39, 0.29) is 17.5 Å². The minimum Gasteiger partial charge on any atom is -0.343 e. The Labute approximate surface area is 139 Å². The quantitative estimate of drug-likeness (QED) is 0.754. The average molecular weight is 322 g/mol.